The highest BCUT2D eigenvalue weighted by molar-refractivity contribution is 7.80. The Morgan fingerprint density at radius 3 is 2.71 bits per heavy atom. The summed E-state index contributed by atoms with van der Waals surface area (Å²) in [6, 6.07) is -0.0821. The molecule has 1 aromatic heterocycles. The lowest BCUT2D eigenvalue weighted by molar-refractivity contribution is -0.0739. The van der Waals surface area contributed by atoms with Gasteiger partial charge in [-0.1, -0.05) is 12.2 Å². The molecule has 2 rings (SSSR count). The molecule has 17 heavy (non-hydrogen) atoms. The molecule has 0 spiro atoms. The monoisotopic (exact) mass is 254 g/mol. The van der Waals surface area contributed by atoms with Crippen LogP contribution in [0.3, 0.4) is 0 Å². The van der Waals surface area contributed by atoms with E-state index in [9.17, 15) is 0 Å². The van der Waals surface area contributed by atoms with E-state index in [1.807, 2.05) is 0 Å². The van der Waals surface area contributed by atoms with Crippen LogP contribution in [0.2, 0.25) is 0 Å². The van der Waals surface area contributed by atoms with E-state index in [0.717, 1.165) is 18.8 Å². The second-order valence-electron chi connectivity index (χ2n) is 4.52. The molecule has 0 radical (unpaired) electrons. The Morgan fingerprint density at radius 1 is 1.59 bits per heavy atom. The summed E-state index contributed by atoms with van der Waals surface area (Å²) in [4.78, 5) is 9.83. The maximum absolute atomic E-state index is 5.85. The zero-order valence-electron chi connectivity index (χ0n) is 10.1. The third kappa shape index (κ3) is 2.83. The molecule has 1 fully saturated rings. The molecule has 6 heteroatoms. The van der Waals surface area contributed by atoms with E-state index in [-0.39, 0.29) is 18.2 Å². The topological polar surface area (TPSA) is 67.2 Å². The molecule has 1 aromatic rings. The van der Waals surface area contributed by atoms with Crippen LogP contribution in [0.25, 0.3) is 0 Å². The van der Waals surface area contributed by atoms with Crippen molar-refractivity contribution >= 4 is 17.2 Å². The molecule has 1 aliphatic rings. The van der Waals surface area contributed by atoms with Crippen LogP contribution in [0.15, 0.2) is 12.5 Å². The number of nitrogens with zero attached hydrogens (tertiary/aromatic N) is 2. The molecule has 5 nitrogen and oxygen atoms in total. The van der Waals surface area contributed by atoms with Crippen molar-refractivity contribution in [1.82, 2.24) is 14.9 Å². The SMILES string of the molecule is CC1CN(C(C(N)=S)c2cnc[nH]2)CC(C)O1. The summed E-state index contributed by atoms with van der Waals surface area (Å²) in [5.41, 5.74) is 6.79. The number of morpholine rings is 1. The van der Waals surface area contributed by atoms with E-state index in [1.165, 1.54) is 0 Å². The van der Waals surface area contributed by atoms with E-state index in [2.05, 4.69) is 28.7 Å². The maximum atomic E-state index is 5.85. The van der Waals surface area contributed by atoms with Crippen LogP contribution in [0, 0.1) is 0 Å². The minimum atomic E-state index is -0.0821. The van der Waals surface area contributed by atoms with E-state index >= 15 is 0 Å². The van der Waals surface area contributed by atoms with E-state index in [1.54, 1.807) is 12.5 Å². The van der Waals surface area contributed by atoms with Crippen molar-refractivity contribution in [2.75, 3.05) is 13.1 Å². The quantitative estimate of drug-likeness (QED) is 0.783. The van der Waals surface area contributed by atoms with Crippen molar-refractivity contribution in [3.05, 3.63) is 18.2 Å². The second-order valence-corrected chi connectivity index (χ2v) is 4.99. The van der Waals surface area contributed by atoms with Crippen LogP contribution >= 0.6 is 12.2 Å². The van der Waals surface area contributed by atoms with Gasteiger partial charge in [-0.2, -0.15) is 0 Å². The summed E-state index contributed by atoms with van der Waals surface area (Å²) in [6.45, 7) is 5.77. The van der Waals surface area contributed by atoms with Gasteiger partial charge in [-0.15, -0.1) is 0 Å². The highest BCUT2D eigenvalue weighted by Crippen LogP contribution is 2.23. The molecule has 2 heterocycles. The highest BCUT2D eigenvalue weighted by Gasteiger charge is 2.31. The molecule has 0 bridgehead atoms. The van der Waals surface area contributed by atoms with Gasteiger partial charge in [0.15, 0.2) is 0 Å². The van der Waals surface area contributed by atoms with Gasteiger partial charge in [0.25, 0.3) is 0 Å². The number of H-pyrrole nitrogens is 1. The molecule has 0 aromatic carbocycles. The average molecular weight is 254 g/mol. The first-order chi connectivity index (χ1) is 8.08. The van der Waals surface area contributed by atoms with E-state index in [0.29, 0.717) is 4.99 Å². The minimum absolute atomic E-state index is 0.0821. The summed E-state index contributed by atoms with van der Waals surface area (Å²) in [7, 11) is 0. The summed E-state index contributed by atoms with van der Waals surface area (Å²) < 4.78 is 5.71. The predicted molar refractivity (Wildman–Crippen MR) is 69.7 cm³/mol. The zero-order chi connectivity index (χ0) is 12.4. The zero-order valence-corrected chi connectivity index (χ0v) is 10.9. The molecule has 3 N–H and O–H groups in total. The minimum Gasteiger partial charge on any atom is -0.392 e. The van der Waals surface area contributed by atoms with Crippen molar-refractivity contribution in [3.63, 3.8) is 0 Å². The number of thiocarbonyl (C=S) groups is 1. The highest BCUT2D eigenvalue weighted by atomic mass is 32.1. The van der Waals surface area contributed by atoms with Gasteiger partial charge in [0.1, 0.15) is 6.04 Å². The number of imidazole rings is 1. The second kappa shape index (κ2) is 5.12. The van der Waals surface area contributed by atoms with Crippen LogP contribution in [0.5, 0.6) is 0 Å². The summed E-state index contributed by atoms with van der Waals surface area (Å²) in [5, 5.41) is 0. The van der Waals surface area contributed by atoms with E-state index in [4.69, 9.17) is 22.7 Å². The van der Waals surface area contributed by atoms with Crippen molar-refractivity contribution in [2.45, 2.75) is 32.1 Å². The number of aromatic nitrogens is 2. The Kier molecular flexibility index (Phi) is 3.76. The number of hydrogen-bond acceptors (Lipinski definition) is 4. The molecule has 94 valence electrons. The number of ether oxygens (including phenoxy) is 1. The third-order valence-electron chi connectivity index (χ3n) is 2.90. The lowest BCUT2D eigenvalue weighted by Crippen LogP contribution is -2.49. The van der Waals surface area contributed by atoms with Crippen LogP contribution in [-0.2, 0) is 4.74 Å². The lowest BCUT2D eigenvalue weighted by Gasteiger charge is -2.39. The van der Waals surface area contributed by atoms with Crippen LogP contribution in [0.1, 0.15) is 25.6 Å². The van der Waals surface area contributed by atoms with Gasteiger partial charge >= 0.3 is 0 Å². The number of nitrogens with two attached hydrogens (primary N) is 1. The first-order valence-electron chi connectivity index (χ1n) is 5.75. The Balaban J connectivity index is 2.19. The molecule has 3 unspecified atom stereocenters. The first-order valence-corrected chi connectivity index (χ1v) is 6.16. The molecular weight excluding hydrogens is 236 g/mol. The number of aromatic amines is 1. The summed E-state index contributed by atoms with van der Waals surface area (Å²) in [5.74, 6) is 0. The van der Waals surface area contributed by atoms with Gasteiger partial charge in [0.05, 0.1) is 29.2 Å². The normalized spacial score (nSPS) is 27.9. The fraction of sp³-hybridized carbons (Fsp3) is 0.636. The van der Waals surface area contributed by atoms with Gasteiger partial charge in [-0.3, -0.25) is 4.90 Å². The van der Waals surface area contributed by atoms with Gasteiger partial charge in [0, 0.05) is 19.3 Å². The van der Waals surface area contributed by atoms with Crippen LogP contribution in [-0.4, -0.2) is 45.2 Å². The molecular formula is C11H18N4OS. The van der Waals surface area contributed by atoms with Crippen LogP contribution < -0.4 is 5.73 Å². The van der Waals surface area contributed by atoms with Crippen molar-refractivity contribution in [3.8, 4) is 0 Å². The fourth-order valence-electron chi connectivity index (χ4n) is 2.37. The number of rotatable bonds is 3. The van der Waals surface area contributed by atoms with Gasteiger partial charge in [-0.05, 0) is 13.8 Å². The maximum Gasteiger partial charge on any atom is 0.102 e. The molecule has 1 aliphatic heterocycles. The Hall–Kier alpha value is -0.980. The first kappa shape index (κ1) is 12.5. The Bertz CT molecular complexity index is 371. The lowest BCUT2D eigenvalue weighted by atomic mass is 10.1. The summed E-state index contributed by atoms with van der Waals surface area (Å²) in [6.07, 6.45) is 3.81. The number of hydrogen-bond donors (Lipinski definition) is 2. The molecule has 0 saturated carbocycles. The number of nitrogens with one attached hydrogen (secondary N) is 1. The molecule has 0 amide bonds. The van der Waals surface area contributed by atoms with Crippen molar-refractivity contribution in [2.24, 2.45) is 5.73 Å². The Morgan fingerprint density at radius 2 is 2.24 bits per heavy atom. The standard InChI is InChI=1S/C11H18N4OS/c1-7-4-15(5-8(2)16-7)10(11(12)17)9-3-13-6-14-9/h3,6-8,10H,4-5H2,1-2H3,(H2,12,17)(H,13,14). The third-order valence-corrected chi connectivity index (χ3v) is 3.12. The smallest absolute Gasteiger partial charge is 0.102 e. The van der Waals surface area contributed by atoms with Crippen LogP contribution in [0.4, 0.5) is 0 Å². The van der Waals surface area contributed by atoms with Gasteiger partial charge in [0.2, 0.25) is 0 Å². The predicted octanol–water partition coefficient (Wildman–Crippen LogP) is 0.846. The van der Waals surface area contributed by atoms with Crippen molar-refractivity contribution < 1.29 is 4.74 Å². The van der Waals surface area contributed by atoms with Gasteiger partial charge in [-0.25, -0.2) is 4.98 Å². The molecule has 0 aliphatic carbocycles. The van der Waals surface area contributed by atoms with Gasteiger partial charge < -0.3 is 15.5 Å². The largest absolute Gasteiger partial charge is 0.392 e. The average Bonchev–Trinajstić information content (AvgIpc) is 2.68. The molecule has 3 atom stereocenters. The fourth-order valence-corrected chi connectivity index (χ4v) is 2.65. The van der Waals surface area contributed by atoms with E-state index < -0.39 is 0 Å². The van der Waals surface area contributed by atoms with Crippen molar-refractivity contribution in [1.29, 1.82) is 0 Å². The molecule has 1 saturated heterocycles. The Labute approximate surface area is 106 Å². The summed E-state index contributed by atoms with van der Waals surface area (Å²) >= 11 is 5.17.